The van der Waals surface area contributed by atoms with Crippen molar-refractivity contribution in [3.8, 4) is 0 Å². The summed E-state index contributed by atoms with van der Waals surface area (Å²) in [6.45, 7) is 5.66. The summed E-state index contributed by atoms with van der Waals surface area (Å²) in [7, 11) is 0. The van der Waals surface area contributed by atoms with Crippen LogP contribution in [-0.4, -0.2) is 15.3 Å². The minimum Gasteiger partial charge on any atom is -0.325 e. The molecule has 1 aromatic carbocycles. The Hall–Kier alpha value is -2.60. The number of thioether (sulfide) groups is 1. The van der Waals surface area contributed by atoms with Crippen molar-refractivity contribution in [3.63, 3.8) is 0 Å². The molecule has 0 radical (unpaired) electrons. The van der Waals surface area contributed by atoms with Gasteiger partial charge in [0.2, 0.25) is 5.91 Å². The molecule has 6 heteroatoms. The van der Waals surface area contributed by atoms with E-state index in [1.165, 1.54) is 0 Å². The van der Waals surface area contributed by atoms with Crippen molar-refractivity contribution in [2.75, 3.05) is 5.32 Å². The highest BCUT2D eigenvalue weighted by molar-refractivity contribution is 7.98. The number of amides is 1. The number of aromatic nitrogens is 2. The molecule has 0 spiro atoms. The van der Waals surface area contributed by atoms with Crippen LogP contribution in [0.3, 0.4) is 0 Å². The van der Waals surface area contributed by atoms with Crippen LogP contribution in [0.5, 0.6) is 0 Å². The Labute approximate surface area is 156 Å². The third-order valence-corrected chi connectivity index (χ3v) is 5.01. The number of pyridine rings is 1. The zero-order chi connectivity index (χ0) is 18.7. The summed E-state index contributed by atoms with van der Waals surface area (Å²) in [6, 6.07) is 13.0. The number of nitrogens with zero attached hydrogens (tertiary/aromatic N) is 2. The molecule has 5 nitrogen and oxygen atoms in total. The number of anilines is 1. The van der Waals surface area contributed by atoms with Crippen molar-refractivity contribution in [1.29, 1.82) is 0 Å². The quantitative estimate of drug-likeness (QED) is 0.695. The number of nitrogens with one attached hydrogen (secondary N) is 1. The van der Waals surface area contributed by atoms with Crippen molar-refractivity contribution >= 4 is 29.0 Å². The second-order valence-electron chi connectivity index (χ2n) is 6.45. The molecule has 1 N–H and O–H groups in total. The molecule has 0 saturated heterocycles. The lowest BCUT2D eigenvalue weighted by atomic mass is 10.2. The van der Waals surface area contributed by atoms with Crippen LogP contribution in [0.4, 0.5) is 5.69 Å². The van der Waals surface area contributed by atoms with E-state index < -0.39 is 0 Å². The van der Waals surface area contributed by atoms with Crippen molar-refractivity contribution < 1.29 is 4.79 Å². The minimum atomic E-state index is -0.0873. The van der Waals surface area contributed by atoms with Gasteiger partial charge in [0.05, 0.1) is 11.4 Å². The molecule has 0 bridgehead atoms. The van der Waals surface area contributed by atoms with Crippen LogP contribution in [0.25, 0.3) is 5.65 Å². The van der Waals surface area contributed by atoms with E-state index in [1.54, 1.807) is 28.4 Å². The number of hydrogen-bond donors (Lipinski definition) is 1. The Balaban J connectivity index is 1.81. The van der Waals surface area contributed by atoms with Gasteiger partial charge in [-0.3, -0.25) is 14.0 Å². The molecule has 3 aromatic rings. The number of carbonyl (C=O) groups is 1. The molecule has 0 aliphatic rings. The highest BCUT2D eigenvalue weighted by Crippen LogP contribution is 2.29. The number of para-hydroxylation sites is 1. The SMILES string of the molecule is Cc1ccc2nc(CSc3ccccc3NC(=O)C(C)C)cc(=O)n2c1. The van der Waals surface area contributed by atoms with E-state index in [4.69, 9.17) is 0 Å². The Kier molecular flexibility index (Phi) is 5.42. The van der Waals surface area contributed by atoms with Crippen LogP contribution in [-0.2, 0) is 10.5 Å². The second kappa shape index (κ2) is 7.74. The zero-order valence-corrected chi connectivity index (χ0v) is 15.8. The molecule has 134 valence electrons. The molecular weight excluding hydrogens is 346 g/mol. The molecule has 1 amide bonds. The van der Waals surface area contributed by atoms with Gasteiger partial charge in [-0.2, -0.15) is 0 Å². The topological polar surface area (TPSA) is 63.5 Å². The van der Waals surface area contributed by atoms with Crippen molar-refractivity contribution in [3.05, 3.63) is 70.3 Å². The van der Waals surface area contributed by atoms with Crippen LogP contribution in [0.1, 0.15) is 25.1 Å². The van der Waals surface area contributed by atoms with Gasteiger partial charge in [0.15, 0.2) is 0 Å². The molecule has 3 rings (SSSR count). The Morgan fingerprint density at radius 1 is 1.23 bits per heavy atom. The maximum Gasteiger partial charge on any atom is 0.258 e. The van der Waals surface area contributed by atoms with Crippen molar-refractivity contribution in [2.24, 2.45) is 5.92 Å². The molecule has 0 fully saturated rings. The molecular formula is C20H21N3O2S. The van der Waals surface area contributed by atoms with Gasteiger partial charge in [-0.1, -0.05) is 32.0 Å². The molecule has 2 heterocycles. The molecule has 0 atom stereocenters. The fourth-order valence-electron chi connectivity index (χ4n) is 2.46. The molecule has 0 aliphatic carbocycles. The number of benzene rings is 1. The van der Waals surface area contributed by atoms with E-state index in [0.29, 0.717) is 17.1 Å². The van der Waals surface area contributed by atoms with Gasteiger partial charge in [-0.25, -0.2) is 4.98 Å². The fraction of sp³-hybridized carbons (Fsp3) is 0.250. The minimum absolute atomic E-state index is 0.0181. The number of fused-ring (bicyclic) bond motifs is 1. The molecule has 0 saturated carbocycles. The van der Waals surface area contributed by atoms with Gasteiger partial charge < -0.3 is 5.32 Å². The van der Waals surface area contributed by atoms with Gasteiger partial charge in [0, 0.05) is 28.8 Å². The predicted molar refractivity (Wildman–Crippen MR) is 106 cm³/mol. The molecule has 0 unspecified atom stereocenters. The first-order valence-electron chi connectivity index (χ1n) is 8.45. The van der Waals surface area contributed by atoms with E-state index >= 15 is 0 Å². The third-order valence-electron chi connectivity index (χ3n) is 3.91. The van der Waals surface area contributed by atoms with Gasteiger partial charge >= 0.3 is 0 Å². The van der Waals surface area contributed by atoms with E-state index in [0.717, 1.165) is 16.1 Å². The second-order valence-corrected chi connectivity index (χ2v) is 7.47. The number of carbonyl (C=O) groups excluding carboxylic acids is 1. The third kappa shape index (κ3) is 4.14. The average molecular weight is 367 g/mol. The number of rotatable bonds is 5. The summed E-state index contributed by atoms with van der Waals surface area (Å²) in [5, 5.41) is 2.95. The smallest absolute Gasteiger partial charge is 0.258 e. The largest absolute Gasteiger partial charge is 0.325 e. The summed E-state index contributed by atoms with van der Waals surface area (Å²) >= 11 is 1.55. The highest BCUT2D eigenvalue weighted by atomic mass is 32.2. The lowest BCUT2D eigenvalue weighted by molar-refractivity contribution is -0.118. The lowest BCUT2D eigenvalue weighted by Gasteiger charge is -2.12. The van der Waals surface area contributed by atoms with E-state index in [1.807, 2.05) is 57.2 Å². The summed E-state index contributed by atoms with van der Waals surface area (Å²) in [5.41, 5.74) is 3.06. The average Bonchev–Trinajstić information content (AvgIpc) is 2.61. The van der Waals surface area contributed by atoms with Gasteiger partial charge in [0.25, 0.3) is 5.56 Å². The molecule has 26 heavy (non-hydrogen) atoms. The number of hydrogen-bond acceptors (Lipinski definition) is 4. The Bertz CT molecular complexity index is 1010. The normalized spacial score (nSPS) is 11.1. The lowest BCUT2D eigenvalue weighted by Crippen LogP contribution is -2.18. The maximum atomic E-state index is 12.3. The number of aryl methyl sites for hydroxylation is 1. The van der Waals surface area contributed by atoms with Crippen molar-refractivity contribution in [2.45, 2.75) is 31.4 Å². The molecule has 0 aliphatic heterocycles. The van der Waals surface area contributed by atoms with Crippen LogP contribution in [0.15, 0.2) is 58.4 Å². The van der Waals surface area contributed by atoms with Crippen LogP contribution < -0.4 is 10.9 Å². The van der Waals surface area contributed by atoms with E-state index in [-0.39, 0.29) is 17.4 Å². The Morgan fingerprint density at radius 2 is 2.00 bits per heavy atom. The van der Waals surface area contributed by atoms with E-state index in [9.17, 15) is 9.59 Å². The summed E-state index contributed by atoms with van der Waals surface area (Å²) < 4.78 is 1.56. The Morgan fingerprint density at radius 3 is 2.77 bits per heavy atom. The monoisotopic (exact) mass is 367 g/mol. The first-order chi connectivity index (χ1) is 12.4. The van der Waals surface area contributed by atoms with Crippen LogP contribution >= 0.6 is 11.8 Å². The van der Waals surface area contributed by atoms with Gasteiger partial charge in [-0.15, -0.1) is 11.8 Å². The first kappa shape index (κ1) is 18.2. The van der Waals surface area contributed by atoms with E-state index in [2.05, 4.69) is 10.3 Å². The summed E-state index contributed by atoms with van der Waals surface area (Å²) in [4.78, 5) is 29.8. The summed E-state index contributed by atoms with van der Waals surface area (Å²) in [6.07, 6.45) is 1.79. The standard InChI is InChI=1S/C20H21N3O2S/c1-13(2)20(25)22-16-6-4-5-7-17(16)26-12-15-10-19(24)23-11-14(3)8-9-18(23)21-15/h4-11,13H,12H2,1-3H3,(H,22,25). The molecule has 2 aromatic heterocycles. The zero-order valence-electron chi connectivity index (χ0n) is 15.0. The van der Waals surface area contributed by atoms with Crippen LogP contribution in [0, 0.1) is 12.8 Å². The van der Waals surface area contributed by atoms with Crippen molar-refractivity contribution in [1.82, 2.24) is 9.38 Å². The van der Waals surface area contributed by atoms with Crippen LogP contribution in [0.2, 0.25) is 0 Å². The van der Waals surface area contributed by atoms with Gasteiger partial charge in [-0.05, 0) is 30.7 Å². The predicted octanol–water partition coefficient (Wildman–Crippen LogP) is 3.89. The maximum absolute atomic E-state index is 12.3. The summed E-state index contributed by atoms with van der Waals surface area (Å²) in [5.74, 6) is 0.447. The first-order valence-corrected chi connectivity index (χ1v) is 9.44. The van der Waals surface area contributed by atoms with Gasteiger partial charge in [0.1, 0.15) is 5.65 Å². The highest BCUT2D eigenvalue weighted by Gasteiger charge is 2.11. The fourth-order valence-corrected chi connectivity index (χ4v) is 3.36.